The number of hydrogen-bond acceptors (Lipinski definition) is 5. The number of aromatic nitrogens is 3. The normalized spacial score (nSPS) is 23.0. The van der Waals surface area contributed by atoms with Crippen molar-refractivity contribution in [1.29, 1.82) is 0 Å². The minimum atomic E-state index is 0.300. The van der Waals surface area contributed by atoms with E-state index in [0.717, 1.165) is 28.9 Å². The summed E-state index contributed by atoms with van der Waals surface area (Å²) in [5.41, 5.74) is 0.739. The van der Waals surface area contributed by atoms with Gasteiger partial charge in [-0.15, -0.1) is 0 Å². The number of pyridine rings is 1. The Kier molecular flexibility index (Phi) is 4.65. The Morgan fingerprint density at radius 3 is 2.86 bits per heavy atom. The van der Waals surface area contributed by atoms with Crippen LogP contribution in [0.2, 0.25) is 0 Å². The zero-order chi connectivity index (χ0) is 14.7. The quantitative estimate of drug-likeness (QED) is 0.857. The van der Waals surface area contributed by atoms with Crippen LogP contribution in [0.1, 0.15) is 43.9 Å². The molecule has 0 amide bonds. The van der Waals surface area contributed by atoms with Gasteiger partial charge in [-0.05, 0) is 48.0 Å². The van der Waals surface area contributed by atoms with E-state index in [-0.39, 0.29) is 0 Å². The molecule has 5 nitrogen and oxygen atoms in total. The van der Waals surface area contributed by atoms with Gasteiger partial charge in [-0.3, -0.25) is 4.98 Å². The number of nitrogens with zero attached hydrogens (tertiary/aromatic N) is 3. The zero-order valence-electron chi connectivity index (χ0n) is 12.1. The Hall–Kier alpha value is -1.27. The summed E-state index contributed by atoms with van der Waals surface area (Å²) in [7, 11) is 2.01. The van der Waals surface area contributed by atoms with Gasteiger partial charge in [0.25, 0.3) is 0 Å². The first-order valence-corrected chi connectivity index (χ1v) is 8.20. The Morgan fingerprint density at radius 1 is 1.24 bits per heavy atom. The van der Waals surface area contributed by atoms with Crippen LogP contribution in [-0.2, 0) is 0 Å². The standard InChI is InChI=1S/C15H19BrN4O/c1-17-12-6-4-2-3-5-11(12)15-19-14(20-21-15)13-8-7-10(16)9-18-13/h7-9,11-12,17H,2-6H2,1H3. The van der Waals surface area contributed by atoms with Crippen molar-refractivity contribution in [3.05, 3.63) is 28.7 Å². The van der Waals surface area contributed by atoms with Crippen molar-refractivity contribution < 1.29 is 4.52 Å². The second-order valence-corrected chi connectivity index (χ2v) is 6.37. The molecule has 112 valence electrons. The third-order valence-electron chi connectivity index (χ3n) is 4.10. The summed E-state index contributed by atoms with van der Waals surface area (Å²) in [6, 6.07) is 4.24. The highest BCUT2D eigenvalue weighted by Crippen LogP contribution is 2.31. The molecule has 0 saturated heterocycles. The molecule has 2 aromatic heterocycles. The van der Waals surface area contributed by atoms with E-state index in [2.05, 4.69) is 36.4 Å². The Balaban J connectivity index is 1.84. The molecule has 2 unspecified atom stereocenters. The molecule has 2 aromatic rings. The van der Waals surface area contributed by atoms with E-state index in [1.54, 1.807) is 6.20 Å². The van der Waals surface area contributed by atoms with E-state index in [1.165, 1.54) is 19.3 Å². The Morgan fingerprint density at radius 2 is 2.10 bits per heavy atom. The molecule has 21 heavy (non-hydrogen) atoms. The molecule has 1 fully saturated rings. The fourth-order valence-electron chi connectivity index (χ4n) is 2.95. The second kappa shape index (κ2) is 6.66. The van der Waals surface area contributed by atoms with Crippen LogP contribution in [0.25, 0.3) is 11.5 Å². The average molecular weight is 351 g/mol. The highest BCUT2D eigenvalue weighted by Gasteiger charge is 2.28. The van der Waals surface area contributed by atoms with Crippen LogP contribution < -0.4 is 5.32 Å². The Bertz CT molecular complexity index is 584. The van der Waals surface area contributed by atoms with Gasteiger partial charge in [0.15, 0.2) is 0 Å². The van der Waals surface area contributed by atoms with Gasteiger partial charge in [-0.25, -0.2) is 0 Å². The van der Waals surface area contributed by atoms with Crippen molar-refractivity contribution in [2.24, 2.45) is 0 Å². The lowest BCUT2D eigenvalue weighted by molar-refractivity contribution is 0.311. The molecule has 1 saturated carbocycles. The van der Waals surface area contributed by atoms with Gasteiger partial charge in [0, 0.05) is 16.7 Å². The number of hydrogen-bond donors (Lipinski definition) is 1. The average Bonchev–Trinajstić information content (AvgIpc) is 2.86. The van der Waals surface area contributed by atoms with Gasteiger partial charge in [0.05, 0.1) is 5.92 Å². The third-order valence-corrected chi connectivity index (χ3v) is 4.57. The summed E-state index contributed by atoms with van der Waals surface area (Å²) in [5.74, 6) is 1.60. The van der Waals surface area contributed by atoms with Gasteiger partial charge in [0.1, 0.15) is 5.69 Å². The zero-order valence-corrected chi connectivity index (χ0v) is 13.6. The monoisotopic (exact) mass is 350 g/mol. The maximum atomic E-state index is 5.52. The number of halogens is 1. The summed E-state index contributed by atoms with van der Waals surface area (Å²) in [6.45, 7) is 0. The van der Waals surface area contributed by atoms with Gasteiger partial charge in [0.2, 0.25) is 11.7 Å². The molecule has 0 bridgehead atoms. The molecule has 1 aliphatic carbocycles. The lowest BCUT2D eigenvalue weighted by Crippen LogP contribution is -2.31. The highest BCUT2D eigenvalue weighted by atomic mass is 79.9. The van der Waals surface area contributed by atoms with Crippen LogP contribution in [0.4, 0.5) is 0 Å². The first kappa shape index (κ1) is 14.7. The summed E-state index contributed by atoms with van der Waals surface area (Å²) in [6.07, 6.45) is 7.77. The van der Waals surface area contributed by atoms with Crippen molar-refractivity contribution in [3.63, 3.8) is 0 Å². The molecule has 0 aromatic carbocycles. The minimum Gasteiger partial charge on any atom is -0.339 e. The molecule has 0 aliphatic heterocycles. The predicted molar refractivity (Wildman–Crippen MR) is 83.9 cm³/mol. The summed E-state index contributed by atoms with van der Waals surface area (Å²) in [4.78, 5) is 8.90. The van der Waals surface area contributed by atoms with Gasteiger partial charge < -0.3 is 9.84 Å². The minimum absolute atomic E-state index is 0.300. The molecule has 1 N–H and O–H groups in total. The van der Waals surface area contributed by atoms with E-state index in [4.69, 9.17) is 4.52 Å². The number of rotatable bonds is 3. The fourth-order valence-corrected chi connectivity index (χ4v) is 3.18. The van der Waals surface area contributed by atoms with E-state index >= 15 is 0 Å². The molecular formula is C15H19BrN4O. The molecule has 0 spiro atoms. The lowest BCUT2D eigenvalue weighted by Gasteiger charge is -2.20. The van der Waals surface area contributed by atoms with Gasteiger partial charge in [-0.1, -0.05) is 24.4 Å². The van der Waals surface area contributed by atoms with Crippen LogP contribution in [0.3, 0.4) is 0 Å². The maximum Gasteiger partial charge on any atom is 0.231 e. The maximum absolute atomic E-state index is 5.52. The third kappa shape index (κ3) is 3.32. The molecule has 0 radical (unpaired) electrons. The van der Waals surface area contributed by atoms with Crippen LogP contribution in [0.5, 0.6) is 0 Å². The molecule has 1 aliphatic rings. The second-order valence-electron chi connectivity index (χ2n) is 5.46. The summed E-state index contributed by atoms with van der Waals surface area (Å²) < 4.78 is 6.46. The summed E-state index contributed by atoms with van der Waals surface area (Å²) in [5, 5.41) is 7.50. The van der Waals surface area contributed by atoms with Crippen molar-refractivity contribution in [3.8, 4) is 11.5 Å². The van der Waals surface area contributed by atoms with Gasteiger partial charge >= 0.3 is 0 Å². The van der Waals surface area contributed by atoms with Crippen LogP contribution >= 0.6 is 15.9 Å². The molecule has 2 heterocycles. The van der Waals surface area contributed by atoms with Crippen LogP contribution in [-0.4, -0.2) is 28.2 Å². The molecule has 3 rings (SSSR count). The number of likely N-dealkylation sites (N-methyl/N-ethyl adjacent to an activating group) is 1. The lowest BCUT2D eigenvalue weighted by atomic mass is 9.95. The van der Waals surface area contributed by atoms with Crippen LogP contribution in [0.15, 0.2) is 27.3 Å². The first-order valence-electron chi connectivity index (χ1n) is 7.40. The van der Waals surface area contributed by atoms with Crippen molar-refractivity contribution in [2.45, 2.75) is 44.1 Å². The van der Waals surface area contributed by atoms with E-state index in [9.17, 15) is 0 Å². The molecule has 2 atom stereocenters. The molecule has 6 heteroatoms. The highest BCUT2D eigenvalue weighted by molar-refractivity contribution is 9.10. The first-order chi connectivity index (χ1) is 10.3. The van der Waals surface area contributed by atoms with E-state index in [0.29, 0.717) is 17.8 Å². The van der Waals surface area contributed by atoms with E-state index in [1.807, 2.05) is 19.2 Å². The van der Waals surface area contributed by atoms with Gasteiger partial charge in [-0.2, -0.15) is 4.98 Å². The fraction of sp³-hybridized carbons (Fsp3) is 0.533. The van der Waals surface area contributed by atoms with Crippen molar-refractivity contribution in [2.75, 3.05) is 7.05 Å². The van der Waals surface area contributed by atoms with E-state index < -0.39 is 0 Å². The Labute approximate surface area is 132 Å². The smallest absolute Gasteiger partial charge is 0.231 e. The topological polar surface area (TPSA) is 63.8 Å². The largest absolute Gasteiger partial charge is 0.339 e. The van der Waals surface area contributed by atoms with Crippen LogP contribution in [0, 0.1) is 0 Å². The number of nitrogens with one attached hydrogen (secondary N) is 1. The SMILES string of the molecule is CNC1CCCCCC1c1nc(-c2ccc(Br)cn2)no1. The van der Waals surface area contributed by atoms with Crippen molar-refractivity contribution >= 4 is 15.9 Å². The summed E-state index contributed by atoms with van der Waals surface area (Å²) >= 11 is 3.38. The van der Waals surface area contributed by atoms with Crippen molar-refractivity contribution in [1.82, 2.24) is 20.4 Å². The molecular weight excluding hydrogens is 332 g/mol. The predicted octanol–water partition coefficient (Wildman–Crippen LogP) is 3.53.